The Morgan fingerprint density at radius 3 is 3.06 bits per heavy atom. The summed E-state index contributed by atoms with van der Waals surface area (Å²) in [6.07, 6.45) is 4.74. The molecule has 2 aromatic rings. The van der Waals surface area contributed by atoms with Crippen molar-refractivity contribution in [2.45, 2.75) is 13.3 Å². The maximum Gasteiger partial charge on any atom is 0.313 e. The third kappa shape index (κ3) is 2.83. The molecule has 88 valence electrons. The zero-order valence-corrected chi connectivity index (χ0v) is 9.25. The molecule has 0 atom stereocenters. The van der Waals surface area contributed by atoms with Crippen molar-refractivity contribution in [1.29, 1.82) is 0 Å². The summed E-state index contributed by atoms with van der Waals surface area (Å²) in [5, 5.41) is 6.62. The first kappa shape index (κ1) is 11.2. The average molecular weight is 233 g/mol. The molecule has 1 N–H and O–H groups in total. The molecular formula is C10H11N5O2. The normalized spacial score (nSPS) is 10.2. The number of aromatic amines is 1. The fraction of sp³-hybridized carbons (Fsp3) is 0.300. The number of esters is 1. The van der Waals surface area contributed by atoms with Gasteiger partial charge in [0.1, 0.15) is 17.9 Å². The topological polar surface area (TPSA) is 93.7 Å². The molecule has 7 heteroatoms. The highest BCUT2D eigenvalue weighted by atomic mass is 16.5. The molecule has 0 aromatic carbocycles. The first-order valence-corrected chi connectivity index (χ1v) is 5.13. The standard InChI is InChI=1S/C10H11N5O2/c1-2-17-9(16)5-8-13-10(15-14-8)7-6-11-3-4-12-7/h3-4,6H,2,5H2,1H3,(H,13,14,15). The number of ether oxygens (including phenoxy) is 1. The molecule has 0 saturated heterocycles. The highest BCUT2D eigenvalue weighted by molar-refractivity contribution is 5.71. The minimum atomic E-state index is -0.339. The molecular weight excluding hydrogens is 222 g/mol. The van der Waals surface area contributed by atoms with Crippen LogP contribution in [0.25, 0.3) is 11.5 Å². The first-order chi connectivity index (χ1) is 8.29. The Labute approximate surface area is 97.3 Å². The van der Waals surface area contributed by atoms with Crippen molar-refractivity contribution >= 4 is 5.97 Å². The second kappa shape index (κ2) is 5.15. The van der Waals surface area contributed by atoms with Gasteiger partial charge < -0.3 is 4.74 Å². The summed E-state index contributed by atoms with van der Waals surface area (Å²) >= 11 is 0. The Bertz CT molecular complexity index is 496. The number of nitrogens with zero attached hydrogens (tertiary/aromatic N) is 4. The van der Waals surface area contributed by atoms with Gasteiger partial charge in [0.2, 0.25) is 5.82 Å². The highest BCUT2D eigenvalue weighted by Gasteiger charge is 2.10. The van der Waals surface area contributed by atoms with Gasteiger partial charge in [-0.25, -0.2) is 9.97 Å². The van der Waals surface area contributed by atoms with Crippen molar-refractivity contribution in [3.05, 3.63) is 24.4 Å². The van der Waals surface area contributed by atoms with E-state index in [9.17, 15) is 4.79 Å². The SMILES string of the molecule is CCOC(=O)Cc1nc(-c2cnccn2)n[nH]1. The molecule has 0 fully saturated rings. The summed E-state index contributed by atoms with van der Waals surface area (Å²) in [7, 11) is 0. The quantitative estimate of drug-likeness (QED) is 0.766. The molecule has 2 aromatic heterocycles. The zero-order chi connectivity index (χ0) is 12.1. The van der Waals surface area contributed by atoms with Crippen LogP contribution in [0, 0.1) is 0 Å². The summed E-state index contributed by atoms with van der Waals surface area (Å²) in [5.74, 6) is 0.524. The van der Waals surface area contributed by atoms with Gasteiger partial charge in [0.05, 0.1) is 12.8 Å². The van der Waals surface area contributed by atoms with Crippen molar-refractivity contribution in [2.24, 2.45) is 0 Å². The first-order valence-electron chi connectivity index (χ1n) is 5.13. The van der Waals surface area contributed by atoms with E-state index >= 15 is 0 Å². The van der Waals surface area contributed by atoms with Gasteiger partial charge in [-0.1, -0.05) is 0 Å². The van der Waals surface area contributed by atoms with Gasteiger partial charge in [-0.3, -0.25) is 14.9 Å². The molecule has 0 amide bonds. The molecule has 0 saturated carbocycles. The molecule has 0 aliphatic rings. The van der Waals surface area contributed by atoms with Crippen LogP contribution in [0.15, 0.2) is 18.6 Å². The largest absolute Gasteiger partial charge is 0.466 e. The van der Waals surface area contributed by atoms with Crippen LogP contribution < -0.4 is 0 Å². The zero-order valence-electron chi connectivity index (χ0n) is 9.25. The summed E-state index contributed by atoms with van der Waals surface area (Å²) in [6.45, 7) is 2.10. The van der Waals surface area contributed by atoms with Crippen molar-refractivity contribution in [2.75, 3.05) is 6.61 Å². The van der Waals surface area contributed by atoms with E-state index in [4.69, 9.17) is 4.74 Å². The van der Waals surface area contributed by atoms with Gasteiger partial charge in [0, 0.05) is 12.4 Å². The number of hydrogen-bond donors (Lipinski definition) is 1. The minimum absolute atomic E-state index is 0.0705. The lowest BCUT2D eigenvalue weighted by molar-refractivity contribution is -0.142. The number of aromatic nitrogens is 5. The van der Waals surface area contributed by atoms with Crippen molar-refractivity contribution < 1.29 is 9.53 Å². The molecule has 7 nitrogen and oxygen atoms in total. The lowest BCUT2D eigenvalue weighted by Crippen LogP contribution is -2.08. The molecule has 17 heavy (non-hydrogen) atoms. The van der Waals surface area contributed by atoms with E-state index in [0.717, 1.165) is 0 Å². The summed E-state index contributed by atoms with van der Waals surface area (Å²) in [6, 6.07) is 0. The number of hydrogen-bond acceptors (Lipinski definition) is 6. The number of carbonyl (C=O) groups is 1. The molecule has 0 aliphatic heterocycles. The van der Waals surface area contributed by atoms with Crippen LogP contribution in [-0.4, -0.2) is 37.7 Å². The molecule has 0 unspecified atom stereocenters. The Hall–Kier alpha value is -2.31. The van der Waals surface area contributed by atoms with Gasteiger partial charge in [0.15, 0.2) is 0 Å². The Morgan fingerprint density at radius 1 is 1.47 bits per heavy atom. The third-order valence-electron chi connectivity index (χ3n) is 1.94. The van der Waals surface area contributed by atoms with E-state index in [1.54, 1.807) is 25.5 Å². The van der Waals surface area contributed by atoms with Crippen molar-refractivity contribution in [3.8, 4) is 11.5 Å². The predicted molar refractivity (Wildman–Crippen MR) is 57.7 cm³/mol. The number of rotatable bonds is 4. The Balaban J connectivity index is 2.09. The second-order valence-electron chi connectivity index (χ2n) is 3.18. The monoisotopic (exact) mass is 233 g/mol. The van der Waals surface area contributed by atoms with E-state index in [1.165, 1.54) is 0 Å². The van der Waals surface area contributed by atoms with Crippen LogP contribution in [0.2, 0.25) is 0 Å². The van der Waals surface area contributed by atoms with E-state index in [-0.39, 0.29) is 12.4 Å². The van der Waals surface area contributed by atoms with Gasteiger partial charge in [-0.15, -0.1) is 0 Å². The molecule has 0 radical (unpaired) electrons. The van der Waals surface area contributed by atoms with Gasteiger partial charge in [-0.05, 0) is 6.92 Å². The van der Waals surface area contributed by atoms with Crippen LogP contribution in [0.5, 0.6) is 0 Å². The lowest BCUT2D eigenvalue weighted by Gasteiger charge is -1.97. The van der Waals surface area contributed by atoms with Crippen LogP contribution in [0.3, 0.4) is 0 Å². The van der Waals surface area contributed by atoms with Gasteiger partial charge in [0.25, 0.3) is 0 Å². The average Bonchev–Trinajstić information content (AvgIpc) is 2.79. The van der Waals surface area contributed by atoms with Crippen LogP contribution in [0.1, 0.15) is 12.7 Å². The molecule has 2 rings (SSSR count). The smallest absolute Gasteiger partial charge is 0.313 e. The fourth-order valence-electron chi connectivity index (χ4n) is 1.25. The maximum absolute atomic E-state index is 11.2. The Morgan fingerprint density at radius 2 is 2.35 bits per heavy atom. The van der Waals surface area contributed by atoms with Gasteiger partial charge >= 0.3 is 5.97 Å². The van der Waals surface area contributed by atoms with Crippen LogP contribution >= 0.6 is 0 Å². The van der Waals surface area contributed by atoms with Crippen LogP contribution in [0.4, 0.5) is 0 Å². The van der Waals surface area contributed by atoms with Gasteiger partial charge in [-0.2, -0.15) is 5.10 Å². The van der Waals surface area contributed by atoms with E-state index in [2.05, 4.69) is 25.1 Å². The van der Waals surface area contributed by atoms with Crippen molar-refractivity contribution in [1.82, 2.24) is 25.1 Å². The summed E-state index contributed by atoms with van der Waals surface area (Å²) in [4.78, 5) is 23.3. The minimum Gasteiger partial charge on any atom is -0.466 e. The third-order valence-corrected chi connectivity index (χ3v) is 1.94. The second-order valence-corrected chi connectivity index (χ2v) is 3.18. The molecule has 2 heterocycles. The van der Waals surface area contributed by atoms with E-state index in [1.807, 2.05) is 0 Å². The molecule has 0 spiro atoms. The molecule has 0 aliphatic carbocycles. The Kier molecular flexibility index (Phi) is 3.39. The number of carbonyl (C=O) groups excluding carboxylic acids is 1. The molecule has 0 bridgehead atoms. The van der Waals surface area contributed by atoms with E-state index < -0.39 is 0 Å². The fourth-order valence-corrected chi connectivity index (χ4v) is 1.25. The summed E-state index contributed by atoms with van der Waals surface area (Å²) in [5.41, 5.74) is 0.554. The highest BCUT2D eigenvalue weighted by Crippen LogP contribution is 2.08. The lowest BCUT2D eigenvalue weighted by atomic mass is 10.4. The summed E-state index contributed by atoms with van der Waals surface area (Å²) < 4.78 is 4.81. The number of H-pyrrole nitrogens is 1. The predicted octanol–water partition coefficient (Wildman–Crippen LogP) is 0.367. The van der Waals surface area contributed by atoms with Crippen molar-refractivity contribution in [3.63, 3.8) is 0 Å². The maximum atomic E-state index is 11.2. The van der Waals surface area contributed by atoms with Crippen LogP contribution in [-0.2, 0) is 16.0 Å². The number of nitrogens with one attached hydrogen (secondary N) is 1. The van der Waals surface area contributed by atoms with E-state index in [0.29, 0.717) is 23.9 Å².